The molecule has 0 aromatic carbocycles. The van der Waals surface area contributed by atoms with Gasteiger partial charge in [-0.2, -0.15) is 0 Å². The third-order valence-corrected chi connectivity index (χ3v) is 4.17. The van der Waals surface area contributed by atoms with E-state index in [1.165, 1.54) is 12.8 Å². The Labute approximate surface area is 64.0 Å². The van der Waals surface area contributed by atoms with Gasteiger partial charge in [0.2, 0.25) is 0 Å². The summed E-state index contributed by atoms with van der Waals surface area (Å²) < 4.78 is 0. The fourth-order valence-electron chi connectivity index (χ4n) is 3.10. The molecule has 0 aromatic rings. The molecule has 3 atom stereocenters. The quantitative estimate of drug-likeness (QED) is 0.550. The van der Waals surface area contributed by atoms with E-state index in [1.54, 1.807) is 6.42 Å². The molecule has 0 nitrogen and oxygen atoms in total. The summed E-state index contributed by atoms with van der Waals surface area (Å²) in [5.74, 6) is 3.25. The summed E-state index contributed by atoms with van der Waals surface area (Å²) in [7, 11) is 0. The van der Waals surface area contributed by atoms with E-state index < -0.39 is 0 Å². The van der Waals surface area contributed by atoms with Gasteiger partial charge in [0.25, 0.3) is 0 Å². The summed E-state index contributed by atoms with van der Waals surface area (Å²) in [6.45, 7) is 7.17. The summed E-state index contributed by atoms with van der Waals surface area (Å²) in [5.41, 5.74) is 0.885. The zero-order valence-corrected chi connectivity index (χ0v) is 7.35. The highest BCUT2D eigenvalue weighted by Gasteiger charge is 2.72. The van der Waals surface area contributed by atoms with Crippen molar-refractivity contribution in [2.24, 2.45) is 23.2 Å². The molecule has 2 fully saturated rings. The number of hydrogen-bond acceptors (Lipinski definition) is 0. The molecule has 0 amide bonds. The first-order chi connectivity index (χ1) is 4.73. The summed E-state index contributed by atoms with van der Waals surface area (Å²) >= 11 is 0. The van der Waals surface area contributed by atoms with Gasteiger partial charge < -0.3 is 0 Å². The van der Waals surface area contributed by atoms with Crippen molar-refractivity contribution in [3.05, 3.63) is 0 Å². The highest BCUT2D eigenvalue weighted by atomic mass is 14.8. The van der Waals surface area contributed by atoms with Crippen LogP contribution in [0, 0.1) is 23.2 Å². The summed E-state index contributed by atoms with van der Waals surface area (Å²) in [6, 6.07) is 0. The SMILES string of the molecule is CCCC1CC12C(C)C2C. The zero-order valence-electron chi connectivity index (χ0n) is 7.35. The summed E-state index contributed by atoms with van der Waals surface area (Å²) in [5, 5.41) is 0. The first-order valence-corrected chi connectivity index (χ1v) is 4.73. The topological polar surface area (TPSA) is 0 Å². The van der Waals surface area contributed by atoms with E-state index in [0.29, 0.717) is 0 Å². The van der Waals surface area contributed by atoms with Gasteiger partial charge in [0.1, 0.15) is 0 Å². The Morgan fingerprint density at radius 3 is 2.20 bits per heavy atom. The van der Waals surface area contributed by atoms with E-state index in [-0.39, 0.29) is 0 Å². The molecule has 0 bridgehead atoms. The third-order valence-electron chi connectivity index (χ3n) is 4.17. The van der Waals surface area contributed by atoms with E-state index in [4.69, 9.17) is 0 Å². The Morgan fingerprint density at radius 1 is 1.30 bits per heavy atom. The van der Waals surface area contributed by atoms with Crippen molar-refractivity contribution in [1.29, 1.82) is 0 Å². The van der Waals surface area contributed by atoms with Crippen LogP contribution in [0.5, 0.6) is 0 Å². The predicted octanol–water partition coefficient (Wildman–Crippen LogP) is 3.08. The lowest BCUT2D eigenvalue weighted by Crippen LogP contribution is -1.82. The van der Waals surface area contributed by atoms with Gasteiger partial charge in [-0.15, -0.1) is 0 Å². The third kappa shape index (κ3) is 0.580. The molecule has 0 heteroatoms. The second-order valence-electron chi connectivity index (χ2n) is 4.38. The van der Waals surface area contributed by atoms with Gasteiger partial charge in [-0.05, 0) is 29.6 Å². The number of hydrogen-bond donors (Lipinski definition) is 0. The molecule has 10 heavy (non-hydrogen) atoms. The highest BCUT2D eigenvalue weighted by Crippen LogP contribution is 2.79. The van der Waals surface area contributed by atoms with E-state index in [0.717, 1.165) is 23.2 Å². The minimum absolute atomic E-state index is 0.885. The van der Waals surface area contributed by atoms with Crippen LogP contribution in [0.15, 0.2) is 0 Å². The monoisotopic (exact) mass is 138 g/mol. The maximum Gasteiger partial charge on any atom is -0.0209 e. The molecule has 0 aliphatic heterocycles. The molecular weight excluding hydrogens is 120 g/mol. The second kappa shape index (κ2) is 1.78. The lowest BCUT2D eigenvalue weighted by Gasteiger charge is -1.91. The zero-order chi connectivity index (χ0) is 7.35. The minimum Gasteiger partial charge on any atom is -0.0654 e. The molecule has 2 aliphatic carbocycles. The minimum atomic E-state index is 0.885. The Bertz CT molecular complexity index is 140. The van der Waals surface area contributed by atoms with Crippen LogP contribution in [-0.2, 0) is 0 Å². The average Bonchev–Trinajstić information content (AvgIpc) is 2.72. The van der Waals surface area contributed by atoms with E-state index in [9.17, 15) is 0 Å². The van der Waals surface area contributed by atoms with Crippen molar-refractivity contribution < 1.29 is 0 Å². The molecule has 2 saturated carbocycles. The average molecular weight is 138 g/mol. The molecule has 0 N–H and O–H groups in total. The molecule has 2 rings (SSSR count). The Balaban J connectivity index is 1.90. The van der Waals surface area contributed by atoms with Crippen molar-refractivity contribution in [2.45, 2.75) is 40.0 Å². The molecule has 3 unspecified atom stereocenters. The number of rotatable bonds is 2. The normalized spacial score (nSPS) is 57.3. The first-order valence-electron chi connectivity index (χ1n) is 4.73. The Kier molecular flexibility index (Phi) is 1.19. The van der Waals surface area contributed by atoms with Gasteiger partial charge in [0, 0.05) is 0 Å². The molecule has 0 saturated heterocycles. The Morgan fingerprint density at radius 2 is 1.90 bits per heavy atom. The van der Waals surface area contributed by atoms with Crippen LogP contribution in [0.2, 0.25) is 0 Å². The van der Waals surface area contributed by atoms with Crippen molar-refractivity contribution in [3.8, 4) is 0 Å². The van der Waals surface area contributed by atoms with Crippen LogP contribution >= 0.6 is 0 Å². The maximum atomic E-state index is 2.43. The van der Waals surface area contributed by atoms with Crippen LogP contribution in [0.25, 0.3) is 0 Å². The summed E-state index contributed by atoms with van der Waals surface area (Å²) in [6.07, 6.45) is 4.45. The largest absolute Gasteiger partial charge is 0.0654 e. The summed E-state index contributed by atoms with van der Waals surface area (Å²) in [4.78, 5) is 0. The van der Waals surface area contributed by atoms with Crippen molar-refractivity contribution in [1.82, 2.24) is 0 Å². The van der Waals surface area contributed by atoms with Crippen molar-refractivity contribution in [2.75, 3.05) is 0 Å². The fourth-order valence-corrected chi connectivity index (χ4v) is 3.10. The van der Waals surface area contributed by atoms with E-state index >= 15 is 0 Å². The fraction of sp³-hybridized carbons (Fsp3) is 1.00. The smallest absolute Gasteiger partial charge is 0.0209 e. The maximum absolute atomic E-state index is 2.43. The van der Waals surface area contributed by atoms with Crippen LogP contribution in [0.4, 0.5) is 0 Å². The predicted molar refractivity (Wildman–Crippen MR) is 43.8 cm³/mol. The second-order valence-corrected chi connectivity index (χ2v) is 4.38. The van der Waals surface area contributed by atoms with Crippen molar-refractivity contribution in [3.63, 3.8) is 0 Å². The first kappa shape index (κ1) is 6.69. The van der Waals surface area contributed by atoms with Gasteiger partial charge in [-0.1, -0.05) is 33.6 Å². The Hall–Kier alpha value is 0. The molecule has 1 spiro atoms. The van der Waals surface area contributed by atoms with Gasteiger partial charge in [-0.25, -0.2) is 0 Å². The molecule has 0 radical (unpaired) electrons. The molecular formula is C10H18. The molecule has 0 heterocycles. The van der Waals surface area contributed by atoms with Crippen LogP contribution in [-0.4, -0.2) is 0 Å². The lowest BCUT2D eigenvalue weighted by atomic mass is 10.1. The van der Waals surface area contributed by atoms with Gasteiger partial charge in [-0.3, -0.25) is 0 Å². The molecule has 58 valence electrons. The lowest BCUT2D eigenvalue weighted by molar-refractivity contribution is 0.587. The molecule has 2 aliphatic rings. The van der Waals surface area contributed by atoms with Gasteiger partial charge >= 0.3 is 0 Å². The van der Waals surface area contributed by atoms with E-state index in [2.05, 4.69) is 20.8 Å². The highest BCUT2D eigenvalue weighted by molar-refractivity contribution is 5.20. The van der Waals surface area contributed by atoms with Crippen LogP contribution in [0.3, 0.4) is 0 Å². The van der Waals surface area contributed by atoms with Gasteiger partial charge in [0.15, 0.2) is 0 Å². The van der Waals surface area contributed by atoms with Crippen molar-refractivity contribution >= 4 is 0 Å². The van der Waals surface area contributed by atoms with Gasteiger partial charge in [0.05, 0.1) is 0 Å². The van der Waals surface area contributed by atoms with E-state index in [1.807, 2.05) is 0 Å². The standard InChI is InChI=1S/C10H18/c1-4-5-9-6-10(9)7(2)8(10)3/h7-9H,4-6H2,1-3H3. The van der Waals surface area contributed by atoms with Crippen LogP contribution in [0.1, 0.15) is 40.0 Å². The van der Waals surface area contributed by atoms with Crippen LogP contribution < -0.4 is 0 Å². The molecule has 0 aromatic heterocycles.